The first-order valence-corrected chi connectivity index (χ1v) is 6.90. The van der Waals surface area contributed by atoms with Gasteiger partial charge in [0.1, 0.15) is 23.0 Å². The Labute approximate surface area is 125 Å². The fourth-order valence-electron chi connectivity index (χ4n) is 2.47. The maximum absolute atomic E-state index is 14.3. The summed E-state index contributed by atoms with van der Waals surface area (Å²) < 4.78 is 31.2. The zero-order valence-electron chi connectivity index (χ0n) is 11.8. The van der Waals surface area contributed by atoms with Gasteiger partial charge in [0.2, 0.25) is 0 Å². The molecule has 0 spiro atoms. The predicted octanol–water partition coefficient (Wildman–Crippen LogP) is 3.39. The van der Waals surface area contributed by atoms with Crippen LogP contribution in [-0.4, -0.2) is 19.3 Å². The summed E-state index contributed by atoms with van der Waals surface area (Å²) in [6, 6.07) is 2.32. The van der Waals surface area contributed by atoms with E-state index in [4.69, 9.17) is 11.6 Å². The average Bonchev–Trinajstić information content (AvgIpc) is 2.93. The second kappa shape index (κ2) is 4.80. The van der Waals surface area contributed by atoms with Gasteiger partial charge in [-0.05, 0) is 25.5 Å². The molecule has 1 aromatic carbocycles. The van der Waals surface area contributed by atoms with Crippen LogP contribution in [0.4, 0.5) is 8.78 Å². The number of hydrogen-bond donors (Lipinski definition) is 0. The van der Waals surface area contributed by atoms with E-state index in [0.717, 1.165) is 12.1 Å². The quantitative estimate of drug-likeness (QED) is 0.680. The summed E-state index contributed by atoms with van der Waals surface area (Å²) in [5.41, 5.74) is 2.27. The number of nitrogens with zero attached hydrogens (tertiary/aromatic N) is 4. The van der Waals surface area contributed by atoms with Crippen LogP contribution in [0.25, 0.3) is 16.9 Å². The lowest BCUT2D eigenvalue weighted by Gasteiger charge is -2.10. The zero-order chi connectivity index (χ0) is 15.3. The molecule has 4 nitrogen and oxygen atoms in total. The van der Waals surface area contributed by atoms with Gasteiger partial charge in [0, 0.05) is 13.1 Å². The van der Waals surface area contributed by atoms with Crippen LogP contribution in [0.15, 0.2) is 12.1 Å². The lowest BCUT2D eigenvalue weighted by Crippen LogP contribution is -2.07. The third kappa shape index (κ3) is 2.01. The average molecular weight is 311 g/mol. The molecule has 110 valence electrons. The van der Waals surface area contributed by atoms with Crippen LogP contribution in [0.5, 0.6) is 0 Å². The minimum absolute atomic E-state index is 0.0826. The van der Waals surface area contributed by atoms with E-state index in [0.29, 0.717) is 22.7 Å². The maximum Gasteiger partial charge on any atom is 0.163 e. The molecule has 7 heteroatoms. The first-order chi connectivity index (χ1) is 9.93. The van der Waals surface area contributed by atoms with Gasteiger partial charge in [-0.1, -0.05) is 0 Å². The highest BCUT2D eigenvalue weighted by Crippen LogP contribution is 2.27. The molecule has 0 aliphatic heterocycles. The van der Waals surface area contributed by atoms with Gasteiger partial charge < -0.3 is 0 Å². The van der Waals surface area contributed by atoms with Crippen molar-refractivity contribution >= 4 is 22.8 Å². The van der Waals surface area contributed by atoms with E-state index in [1.165, 1.54) is 11.5 Å². The molecule has 0 unspecified atom stereocenters. The van der Waals surface area contributed by atoms with Crippen molar-refractivity contribution in [2.75, 3.05) is 0 Å². The van der Waals surface area contributed by atoms with E-state index in [1.54, 1.807) is 11.7 Å². The minimum atomic E-state index is -0.529. The smallest absolute Gasteiger partial charge is 0.163 e. The van der Waals surface area contributed by atoms with Crippen LogP contribution >= 0.6 is 11.6 Å². The summed E-state index contributed by atoms with van der Waals surface area (Å²) in [5, 5.41) is 4.26. The molecule has 3 aromatic rings. The SMILES string of the molecule is Cc1cc(F)c(-n2c(CCl)nc3c(C)nn(C)c32)cc1F. The number of aromatic nitrogens is 4. The Morgan fingerprint density at radius 2 is 1.90 bits per heavy atom. The molecular formula is C14H13ClF2N4. The molecule has 0 fully saturated rings. The molecule has 0 amide bonds. The summed E-state index contributed by atoms with van der Waals surface area (Å²) in [7, 11) is 1.73. The Balaban J connectivity index is 2.41. The van der Waals surface area contributed by atoms with E-state index >= 15 is 0 Å². The second-order valence-corrected chi connectivity index (χ2v) is 5.20. The van der Waals surface area contributed by atoms with Crippen LogP contribution in [-0.2, 0) is 12.9 Å². The van der Waals surface area contributed by atoms with Gasteiger partial charge >= 0.3 is 0 Å². The normalized spacial score (nSPS) is 11.5. The molecule has 0 atom stereocenters. The second-order valence-electron chi connectivity index (χ2n) is 4.93. The highest BCUT2D eigenvalue weighted by Gasteiger charge is 2.21. The highest BCUT2D eigenvalue weighted by molar-refractivity contribution is 6.17. The van der Waals surface area contributed by atoms with Crippen LogP contribution in [0.3, 0.4) is 0 Å². The van der Waals surface area contributed by atoms with Crippen LogP contribution < -0.4 is 0 Å². The Bertz CT molecular complexity index is 851. The van der Waals surface area contributed by atoms with E-state index in [1.807, 2.05) is 6.92 Å². The van der Waals surface area contributed by atoms with Crippen molar-refractivity contribution < 1.29 is 8.78 Å². The lowest BCUT2D eigenvalue weighted by atomic mass is 10.2. The number of hydrogen-bond acceptors (Lipinski definition) is 2. The third-order valence-electron chi connectivity index (χ3n) is 3.46. The zero-order valence-corrected chi connectivity index (χ0v) is 12.5. The van der Waals surface area contributed by atoms with Crippen molar-refractivity contribution in [1.29, 1.82) is 0 Å². The number of benzene rings is 1. The van der Waals surface area contributed by atoms with E-state index in [2.05, 4.69) is 10.1 Å². The van der Waals surface area contributed by atoms with E-state index in [9.17, 15) is 8.78 Å². The van der Waals surface area contributed by atoms with E-state index in [-0.39, 0.29) is 17.1 Å². The van der Waals surface area contributed by atoms with Crippen molar-refractivity contribution in [3.63, 3.8) is 0 Å². The number of fused-ring (bicyclic) bond motifs is 1. The molecule has 0 N–H and O–H groups in total. The van der Waals surface area contributed by atoms with Gasteiger partial charge in [-0.15, -0.1) is 11.6 Å². The summed E-state index contributed by atoms with van der Waals surface area (Å²) in [6.45, 7) is 3.33. The van der Waals surface area contributed by atoms with Crippen LogP contribution in [0.2, 0.25) is 0 Å². The van der Waals surface area contributed by atoms with Crippen LogP contribution in [0, 0.1) is 25.5 Å². The Hall–Kier alpha value is -1.95. The summed E-state index contributed by atoms with van der Waals surface area (Å²) >= 11 is 5.91. The first-order valence-electron chi connectivity index (χ1n) is 6.37. The monoisotopic (exact) mass is 310 g/mol. The van der Waals surface area contributed by atoms with Gasteiger partial charge in [-0.25, -0.2) is 18.4 Å². The molecule has 21 heavy (non-hydrogen) atoms. The van der Waals surface area contributed by atoms with Crippen LogP contribution in [0.1, 0.15) is 17.1 Å². The van der Waals surface area contributed by atoms with Gasteiger partial charge in [0.15, 0.2) is 5.65 Å². The molecule has 0 aliphatic carbocycles. The number of imidazole rings is 1. The van der Waals surface area contributed by atoms with Gasteiger partial charge in [0.25, 0.3) is 0 Å². The molecule has 3 rings (SSSR count). The van der Waals surface area contributed by atoms with Gasteiger partial charge in [-0.2, -0.15) is 5.10 Å². The number of halogens is 3. The summed E-state index contributed by atoms with van der Waals surface area (Å²) in [6.07, 6.45) is 0. The van der Waals surface area contributed by atoms with Crippen molar-refractivity contribution in [2.45, 2.75) is 19.7 Å². The van der Waals surface area contributed by atoms with Crippen molar-refractivity contribution in [3.05, 3.63) is 40.8 Å². The number of aryl methyl sites for hydroxylation is 3. The molecular weight excluding hydrogens is 298 g/mol. The standard InChI is InChI=1S/C14H13ClF2N4/c1-7-4-10(17)11(5-9(7)16)21-12(6-15)18-13-8(2)19-20(3)14(13)21/h4-5H,6H2,1-3H3. The summed E-state index contributed by atoms with van der Waals surface area (Å²) in [4.78, 5) is 4.38. The molecule has 0 bridgehead atoms. The molecule has 0 radical (unpaired) electrons. The van der Waals surface area contributed by atoms with Gasteiger partial charge in [0.05, 0.1) is 17.3 Å². The summed E-state index contributed by atoms with van der Waals surface area (Å²) in [5.74, 6) is -0.473. The topological polar surface area (TPSA) is 35.6 Å². The van der Waals surface area contributed by atoms with Crippen molar-refractivity contribution in [2.24, 2.45) is 7.05 Å². The first kappa shape index (κ1) is 14.0. The highest BCUT2D eigenvalue weighted by atomic mass is 35.5. The molecule has 2 heterocycles. The van der Waals surface area contributed by atoms with Crippen molar-refractivity contribution in [3.8, 4) is 5.69 Å². The largest absolute Gasteiger partial charge is 0.277 e. The lowest BCUT2D eigenvalue weighted by molar-refractivity contribution is 0.584. The number of alkyl halides is 1. The molecule has 2 aromatic heterocycles. The minimum Gasteiger partial charge on any atom is -0.277 e. The molecule has 0 aliphatic rings. The Morgan fingerprint density at radius 3 is 2.57 bits per heavy atom. The third-order valence-corrected chi connectivity index (χ3v) is 3.70. The Kier molecular flexibility index (Phi) is 3.20. The number of rotatable bonds is 2. The fourth-order valence-corrected chi connectivity index (χ4v) is 2.65. The van der Waals surface area contributed by atoms with E-state index < -0.39 is 11.6 Å². The Morgan fingerprint density at radius 1 is 1.19 bits per heavy atom. The van der Waals surface area contributed by atoms with Crippen molar-refractivity contribution in [1.82, 2.24) is 19.3 Å². The van der Waals surface area contributed by atoms with Gasteiger partial charge in [-0.3, -0.25) is 4.57 Å². The molecule has 0 saturated carbocycles. The maximum atomic E-state index is 14.3. The fraction of sp³-hybridized carbons (Fsp3) is 0.286. The predicted molar refractivity (Wildman–Crippen MR) is 76.8 cm³/mol. The molecule has 0 saturated heterocycles.